The fraction of sp³-hybridized carbons (Fsp3) is 0.750. The van der Waals surface area contributed by atoms with Gasteiger partial charge in [-0.2, -0.15) is 0 Å². The molecule has 1 aliphatic heterocycles. The first-order chi connectivity index (χ1) is 8.59. The number of hydrogen-bond acceptors (Lipinski definition) is 5. The van der Waals surface area contributed by atoms with Crippen molar-refractivity contribution >= 4 is 21.2 Å². The normalized spacial score (nSPS) is 20.1. The molecule has 2 heterocycles. The van der Waals surface area contributed by atoms with Gasteiger partial charge in [-0.05, 0) is 38.1 Å². The average Bonchev–Trinajstić information content (AvgIpc) is 2.77. The van der Waals surface area contributed by atoms with Gasteiger partial charge >= 0.3 is 0 Å². The standard InChI is InChI=1S/C12H20N2O2S2/c13-5-1-2-11-9-14-12(17-11)8-10-3-6-18(15,16)7-4-10/h9-10H,1-8,13H2. The number of sulfone groups is 1. The number of thiazole rings is 1. The van der Waals surface area contributed by atoms with Crippen LogP contribution in [0.5, 0.6) is 0 Å². The van der Waals surface area contributed by atoms with Crippen LogP contribution in [0, 0.1) is 5.92 Å². The zero-order chi connectivity index (χ0) is 13.0. The van der Waals surface area contributed by atoms with Gasteiger partial charge in [-0.1, -0.05) is 0 Å². The van der Waals surface area contributed by atoms with Crippen molar-refractivity contribution in [3.05, 3.63) is 16.1 Å². The van der Waals surface area contributed by atoms with E-state index in [0.29, 0.717) is 24.0 Å². The molecule has 1 saturated heterocycles. The van der Waals surface area contributed by atoms with Gasteiger partial charge in [-0.3, -0.25) is 0 Å². The van der Waals surface area contributed by atoms with Crippen LogP contribution < -0.4 is 5.73 Å². The first kappa shape index (κ1) is 14.0. The Bertz CT molecular complexity index is 468. The van der Waals surface area contributed by atoms with Crippen LogP contribution in [0.1, 0.15) is 29.1 Å². The highest BCUT2D eigenvalue weighted by atomic mass is 32.2. The molecule has 0 unspecified atom stereocenters. The van der Waals surface area contributed by atoms with Crippen LogP contribution in [0.3, 0.4) is 0 Å². The Morgan fingerprint density at radius 3 is 2.78 bits per heavy atom. The Labute approximate surface area is 113 Å². The van der Waals surface area contributed by atoms with E-state index in [4.69, 9.17) is 5.73 Å². The molecule has 2 N–H and O–H groups in total. The van der Waals surface area contributed by atoms with E-state index in [-0.39, 0.29) is 0 Å². The average molecular weight is 288 g/mol. The summed E-state index contributed by atoms with van der Waals surface area (Å²) in [6.07, 6.45) is 6.47. The second-order valence-electron chi connectivity index (χ2n) is 4.91. The van der Waals surface area contributed by atoms with Crippen molar-refractivity contribution in [1.82, 2.24) is 4.98 Å². The lowest BCUT2D eigenvalue weighted by atomic mass is 9.99. The van der Waals surface area contributed by atoms with E-state index >= 15 is 0 Å². The Hall–Kier alpha value is -0.460. The summed E-state index contributed by atoms with van der Waals surface area (Å²) in [5, 5.41) is 1.14. The van der Waals surface area contributed by atoms with Crippen LogP contribution in [0.2, 0.25) is 0 Å². The smallest absolute Gasteiger partial charge is 0.150 e. The summed E-state index contributed by atoms with van der Waals surface area (Å²) in [6.45, 7) is 0.716. The van der Waals surface area contributed by atoms with Crippen LogP contribution in [0.15, 0.2) is 6.20 Å². The van der Waals surface area contributed by atoms with Gasteiger partial charge in [0.15, 0.2) is 0 Å². The Balaban J connectivity index is 1.84. The topological polar surface area (TPSA) is 73.0 Å². The lowest BCUT2D eigenvalue weighted by molar-refractivity contribution is 0.462. The maximum absolute atomic E-state index is 11.3. The molecule has 102 valence electrons. The monoisotopic (exact) mass is 288 g/mol. The molecule has 1 aromatic heterocycles. The summed E-state index contributed by atoms with van der Waals surface area (Å²) in [6, 6.07) is 0. The maximum atomic E-state index is 11.3. The molecule has 0 spiro atoms. The molecule has 0 aromatic carbocycles. The predicted molar refractivity (Wildman–Crippen MR) is 74.6 cm³/mol. The molecule has 4 nitrogen and oxygen atoms in total. The highest BCUT2D eigenvalue weighted by molar-refractivity contribution is 7.91. The van der Waals surface area contributed by atoms with E-state index < -0.39 is 9.84 Å². The first-order valence-corrected chi connectivity index (χ1v) is 9.07. The SMILES string of the molecule is NCCCc1cnc(CC2CCS(=O)(=O)CC2)s1. The summed E-state index contributed by atoms with van der Waals surface area (Å²) in [5.74, 6) is 1.19. The third-order valence-corrected chi connectivity index (χ3v) is 6.16. The number of hydrogen-bond donors (Lipinski definition) is 1. The van der Waals surface area contributed by atoms with Gasteiger partial charge in [-0.25, -0.2) is 13.4 Å². The van der Waals surface area contributed by atoms with Gasteiger partial charge in [0.2, 0.25) is 0 Å². The van der Waals surface area contributed by atoms with Crippen molar-refractivity contribution < 1.29 is 8.42 Å². The zero-order valence-corrected chi connectivity index (χ0v) is 12.1. The molecule has 1 aliphatic rings. The molecule has 2 rings (SSSR count). The van der Waals surface area contributed by atoms with Gasteiger partial charge in [0.05, 0.1) is 16.5 Å². The summed E-state index contributed by atoms with van der Waals surface area (Å²) in [7, 11) is -2.75. The fourth-order valence-corrected chi connectivity index (χ4v) is 4.89. The van der Waals surface area contributed by atoms with Crippen LogP contribution in [-0.2, 0) is 22.7 Å². The van der Waals surface area contributed by atoms with Gasteiger partial charge in [-0.15, -0.1) is 11.3 Å². The maximum Gasteiger partial charge on any atom is 0.150 e. The van der Waals surface area contributed by atoms with Crippen molar-refractivity contribution in [1.29, 1.82) is 0 Å². The third kappa shape index (κ3) is 4.03. The van der Waals surface area contributed by atoms with Gasteiger partial charge < -0.3 is 5.73 Å². The van der Waals surface area contributed by atoms with Crippen LogP contribution in [0.25, 0.3) is 0 Å². The van der Waals surface area contributed by atoms with Crippen molar-refractivity contribution in [2.24, 2.45) is 11.7 Å². The van der Waals surface area contributed by atoms with Crippen molar-refractivity contribution in [3.8, 4) is 0 Å². The molecule has 1 aromatic rings. The summed E-state index contributed by atoms with van der Waals surface area (Å²) >= 11 is 1.75. The largest absolute Gasteiger partial charge is 0.330 e. The first-order valence-electron chi connectivity index (χ1n) is 6.43. The second kappa shape index (κ2) is 6.12. The van der Waals surface area contributed by atoms with Crippen molar-refractivity contribution in [2.75, 3.05) is 18.1 Å². The number of nitrogens with zero attached hydrogens (tertiary/aromatic N) is 1. The van der Waals surface area contributed by atoms with E-state index in [2.05, 4.69) is 4.98 Å². The van der Waals surface area contributed by atoms with E-state index in [1.165, 1.54) is 4.88 Å². The molecular formula is C12H20N2O2S2. The minimum atomic E-state index is -2.75. The van der Waals surface area contributed by atoms with E-state index in [1.54, 1.807) is 11.3 Å². The quantitative estimate of drug-likeness (QED) is 0.889. The molecule has 0 radical (unpaired) electrons. The van der Waals surface area contributed by atoms with Gasteiger partial charge in [0.25, 0.3) is 0 Å². The summed E-state index contributed by atoms with van der Waals surface area (Å²) < 4.78 is 22.7. The minimum Gasteiger partial charge on any atom is -0.330 e. The Morgan fingerprint density at radius 1 is 1.39 bits per heavy atom. The van der Waals surface area contributed by atoms with Crippen LogP contribution >= 0.6 is 11.3 Å². The molecular weight excluding hydrogens is 268 g/mol. The summed E-state index contributed by atoms with van der Waals surface area (Å²) in [4.78, 5) is 5.72. The van der Waals surface area contributed by atoms with E-state index in [1.807, 2.05) is 6.20 Å². The highest BCUT2D eigenvalue weighted by Gasteiger charge is 2.24. The lowest BCUT2D eigenvalue weighted by Crippen LogP contribution is -2.24. The number of aromatic nitrogens is 1. The Kier molecular flexibility index (Phi) is 4.75. The molecule has 0 aliphatic carbocycles. The predicted octanol–water partition coefficient (Wildman–Crippen LogP) is 1.40. The fourth-order valence-electron chi connectivity index (χ4n) is 2.22. The lowest BCUT2D eigenvalue weighted by Gasteiger charge is -2.20. The number of aryl methyl sites for hydroxylation is 1. The van der Waals surface area contributed by atoms with Crippen molar-refractivity contribution in [2.45, 2.75) is 32.1 Å². The number of nitrogens with two attached hydrogens (primary N) is 1. The molecule has 0 amide bonds. The van der Waals surface area contributed by atoms with Gasteiger partial charge in [0.1, 0.15) is 9.84 Å². The third-order valence-electron chi connectivity index (χ3n) is 3.37. The molecule has 6 heteroatoms. The molecule has 18 heavy (non-hydrogen) atoms. The minimum absolute atomic E-state index is 0.350. The molecule has 0 atom stereocenters. The summed E-state index contributed by atoms with van der Waals surface area (Å²) in [5.41, 5.74) is 5.49. The van der Waals surface area contributed by atoms with E-state index in [9.17, 15) is 8.42 Å². The number of rotatable bonds is 5. The zero-order valence-electron chi connectivity index (χ0n) is 10.5. The van der Waals surface area contributed by atoms with Crippen LogP contribution in [0.4, 0.5) is 0 Å². The van der Waals surface area contributed by atoms with Gasteiger partial charge in [0, 0.05) is 17.5 Å². The van der Waals surface area contributed by atoms with Crippen molar-refractivity contribution in [3.63, 3.8) is 0 Å². The van der Waals surface area contributed by atoms with E-state index in [0.717, 1.165) is 37.1 Å². The molecule has 0 saturated carbocycles. The molecule has 1 fully saturated rings. The van der Waals surface area contributed by atoms with Crippen LogP contribution in [-0.4, -0.2) is 31.5 Å². The molecule has 0 bridgehead atoms. The highest BCUT2D eigenvalue weighted by Crippen LogP contribution is 2.25. The second-order valence-corrected chi connectivity index (χ2v) is 8.42. The Morgan fingerprint density at radius 2 is 2.11 bits per heavy atom.